The first-order valence-electron chi connectivity index (χ1n) is 8.98. The van der Waals surface area contributed by atoms with Gasteiger partial charge in [0.15, 0.2) is 11.5 Å². The lowest BCUT2D eigenvalue weighted by atomic mass is 9.94. The van der Waals surface area contributed by atoms with E-state index in [0.29, 0.717) is 17.5 Å². The van der Waals surface area contributed by atoms with E-state index in [1.54, 1.807) is 7.11 Å². The number of ether oxygens (including phenoxy) is 2. The van der Waals surface area contributed by atoms with Crippen LogP contribution >= 0.6 is 23.2 Å². The molecule has 2 N–H and O–H groups in total. The lowest BCUT2D eigenvalue weighted by Crippen LogP contribution is -2.83. The highest BCUT2D eigenvalue weighted by Crippen LogP contribution is 2.38. The van der Waals surface area contributed by atoms with Gasteiger partial charge in [0.1, 0.15) is 12.3 Å². The van der Waals surface area contributed by atoms with E-state index in [-0.39, 0.29) is 0 Å². The molecule has 0 bridgehead atoms. The van der Waals surface area contributed by atoms with E-state index in [2.05, 4.69) is 23.5 Å². The maximum Gasteiger partial charge on any atom is 0.164 e. The average Bonchev–Trinajstić information content (AvgIpc) is 2.71. The van der Waals surface area contributed by atoms with Gasteiger partial charge in [0.2, 0.25) is 0 Å². The average molecular weight is 405 g/mol. The van der Waals surface area contributed by atoms with E-state index < -0.39 is 0 Å². The van der Waals surface area contributed by atoms with Crippen LogP contribution < -0.4 is 14.8 Å². The lowest BCUT2D eigenvalue weighted by molar-refractivity contribution is -0.565. The summed E-state index contributed by atoms with van der Waals surface area (Å²) in [5.74, 6) is 1.96. The number of halogens is 2. The summed E-state index contributed by atoms with van der Waals surface area (Å²) >= 11 is 12.2. The zero-order valence-electron chi connectivity index (χ0n) is 15.6. The Labute approximate surface area is 170 Å². The summed E-state index contributed by atoms with van der Waals surface area (Å²) in [5, 5.41) is 2.92. The fourth-order valence-electron chi connectivity index (χ4n) is 3.36. The summed E-state index contributed by atoms with van der Waals surface area (Å²) in [5.41, 5.74) is 5.59. The van der Waals surface area contributed by atoms with Gasteiger partial charge < -0.3 is 14.8 Å². The molecule has 0 amide bonds. The third kappa shape index (κ3) is 4.49. The van der Waals surface area contributed by atoms with E-state index >= 15 is 0 Å². The van der Waals surface area contributed by atoms with Gasteiger partial charge in [-0.2, -0.15) is 0 Å². The number of fused-ring (bicyclic) bond motifs is 1. The second kappa shape index (κ2) is 9.32. The van der Waals surface area contributed by atoms with E-state index in [1.165, 1.54) is 0 Å². The van der Waals surface area contributed by atoms with E-state index in [0.717, 1.165) is 52.4 Å². The minimum atomic E-state index is 0.395. The Hall–Kier alpha value is -1.94. The molecule has 27 heavy (non-hydrogen) atoms. The molecule has 0 fully saturated rings. The summed E-state index contributed by atoms with van der Waals surface area (Å²) < 4.78 is 11.8. The van der Waals surface area contributed by atoms with E-state index in [9.17, 15) is 0 Å². The third-order valence-corrected chi connectivity index (χ3v) is 5.31. The minimum Gasteiger partial charge on any atom is -0.493 e. The molecule has 0 unspecified atom stereocenters. The van der Waals surface area contributed by atoms with Gasteiger partial charge in [0, 0.05) is 34.0 Å². The molecule has 0 saturated carbocycles. The van der Waals surface area contributed by atoms with Crippen molar-refractivity contribution in [1.29, 1.82) is 0 Å². The topological polar surface area (TPSA) is 35.1 Å². The molecule has 5 heteroatoms. The SMILES string of the molecule is COc1c(OCc2ccccc2)ccc2c1CC[NH2+]/C2=C(C)\C(Cl)=C/CCl. The van der Waals surface area contributed by atoms with Crippen LogP contribution in [0, 0.1) is 0 Å². The normalized spacial score (nSPS) is 15.9. The third-order valence-electron chi connectivity index (χ3n) is 4.72. The molecule has 0 aromatic heterocycles. The Morgan fingerprint density at radius 2 is 1.96 bits per heavy atom. The fraction of sp³-hybridized carbons (Fsp3) is 0.273. The smallest absolute Gasteiger partial charge is 0.164 e. The van der Waals surface area contributed by atoms with Crippen LogP contribution in [0.3, 0.4) is 0 Å². The first kappa shape index (κ1) is 19.8. The van der Waals surface area contributed by atoms with Crippen molar-refractivity contribution in [3.05, 3.63) is 75.8 Å². The van der Waals surface area contributed by atoms with Gasteiger partial charge in [0.25, 0.3) is 0 Å². The second-order valence-corrected chi connectivity index (χ2v) is 7.10. The minimum absolute atomic E-state index is 0.395. The number of hydrogen-bond donors (Lipinski definition) is 1. The Morgan fingerprint density at radius 1 is 1.19 bits per heavy atom. The quantitative estimate of drug-likeness (QED) is 0.719. The first-order chi connectivity index (χ1) is 13.2. The zero-order valence-corrected chi connectivity index (χ0v) is 17.1. The maximum absolute atomic E-state index is 6.40. The predicted octanol–water partition coefficient (Wildman–Crippen LogP) is 4.49. The number of benzene rings is 2. The van der Waals surface area contributed by atoms with Crippen molar-refractivity contribution < 1.29 is 14.8 Å². The van der Waals surface area contributed by atoms with Gasteiger partial charge in [-0.3, -0.25) is 0 Å². The van der Waals surface area contributed by atoms with Crippen LogP contribution in [0.1, 0.15) is 23.6 Å². The van der Waals surface area contributed by atoms with Crippen LogP contribution in [0.25, 0.3) is 5.70 Å². The van der Waals surface area contributed by atoms with Crippen LogP contribution in [0.4, 0.5) is 0 Å². The predicted molar refractivity (Wildman–Crippen MR) is 112 cm³/mol. The summed E-state index contributed by atoms with van der Waals surface area (Å²) in [6, 6.07) is 14.2. The van der Waals surface area contributed by atoms with Gasteiger partial charge in [-0.15, -0.1) is 11.6 Å². The Kier molecular flexibility index (Phi) is 6.84. The number of hydrogen-bond acceptors (Lipinski definition) is 2. The summed E-state index contributed by atoms with van der Waals surface area (Å²) in [6.07, 6.45) is 2.73. The van der Waals surface area contributed by atoms with Gasteiger partial charge in [-0.05, 0) is 24.6 Å². The van der Waals surface area contributed by atoms with Crippen molar-refractivity contribution in [2.75, 3.05) is 19.5 Å². The number of methoxy groups -OCH3 is 1. The highest BCUT2D eigenvalue weighted by molar-refractivity contribution is 6.33. The second-order valence-electron chi connectivity index (χ2n) is 6.39. The molecule has 0 saturated heterocycles. The Morgan fingerprint density at radius 3 is 2.67 bits per heavy atom. The van der Waals surface area contributed by atoms with Crippen LogP contribution in [0.5, 0.6) is 11.5 Å². The highest BCUT2D eigenvalue weighted by Gasteiger charge is 2.26. The van der Waals surface area contributed by atoms with Crippen LogP contribution in [0.2, 0.25) is 0 Å². The largest absolute Gasteiger partial charge is 0.493 e. The van der Waals surface area contributed by atoms with Crippen LogP contribution in [-0.4, -0.2) is 19.5 Å². The Bertz CT molecular complexity index is 860. The molecule has 0 atom stereocenters. The van der Waals surface area contributed by atoms with Gasteiger partial charge in [-0.25, -0.2) is 0 Å². The van der Waals surface area contributed by atoms with E-state index in [1.807, 2.05) is 37.3 Å². The molecule has 142 valence electrons. The summed E-state index contributed by atoms with van der Waals surface area (Å²) in [6.45, 7) is 3.47. The number of allylic oxidation sites excluding steroid dienone is 3. The monoisotopic (exact) mass is 404 g/mol. The number of alkyl halides is 1. The van der Waals surface area contributed by atoms with Crippen molar-refractivity contribution in [3.8, 4) is 11.5 Å². The van der Waals surface area contributed by atoms with Gasteiger partial charge in [-0.1, -0.05) is 48.0 Å². The summed E-state index contributed by atoms with van der Waals surface area (Å²) in [7, 11) is 1.69. The number of nitrogens with two attached hydrogens (primary N) is 1. The molecule has 0 spiro atoms. The van der Waals surface area contributed by atoms with Gasteiger partial charge >= 0.3 is 0 Å². The van der Waals surface area contributed by atoms with Crippen molar-refractivity contribution in [3.63, 3.8) is 0 Å². The molecular formula is C22H24Cl2NO2+. The molecule has 3 nitrogen and oxygen atoms in total. The van der Waals surface area contributed by atoms with Crippen molar-refractivity contribution in [1.82, 2.24) is 0 Å². The van der Waals surface area contributed by atoms with Crippen LogP contribution in [-0.2, 0) is 13.0 Å². The molecule has 1 aliphatic heterocycles. The highest BCUT2D eigenvalue weighted by atomic mass is 35.5. The molecule has 2 aromatic rings. The van der Waals surface area contributed by atoms with Crippen molar-refractivity contribution in [2.45, 2.75) is 20.0 Å². The van der Waals surface area contributed by atoms with Crippen molar-refractivity contribution >= 4 is 28.9 Å². The lowest BCUT2D eigenvalue weighted by Gasteiger charge is -2.23. The van der Waals surface area contributed by atoms with Crippen LogP contribution in [0.15, 0.2) is 59.1 Å². The molecule has 1 heterocycles. The fourth-order valence-corrected chi connectivity index (χ4v) is 3.77. The molecule has 1 aliphatic rings. The van der Waals surface area contributed by atoms with Crippen molar-refractivity contribution in [2.24, 2.45) is 0 Å². The first-order valence-corrected chi connectivity index (χ1v) is 9.90. The number of rotatable bonds is 6. The summed E-state index contributed by atoms with van der Waals surface area (Å²) in [4.78, 5) is 0. The van der Waals surface area contributed by atoms with Gasteiger partial charge in [0.05, 0.1) is 13.7 Å². The Balaban J connectivity index is 1.95. The molecule has 0 aliphatic carbocycles. The number of quaternary nitrogens is 1. The molecule has 2 aromatic carbocycles. The van der Waals surface area contributed by atoms with E-state index in [4.69, 9.17) is 32.7 Å². The zero-order chi connectivity index (χ0) is 19.2. The maximum atomic E-state index is 6.40. The molecular weight excluding hydrogens is 381 g/mol. The molecule has 3 rings (SSSR count). The molecule has 0 radical (unpaired) electrons. The standard InChI is InChI=1S/C22H23Cl2NO2/c1-15(19(24)10-12-23)21-17-8-9-20(22(26-2)18(17)11-13-25-21)27-14-16-6-4-3-5-7-16/h3-10,25H,11-14H2,1-2H3/p+1/b19-10+,21-15-.